The summed E-state index contributed by atoms with van der Waals surface area (Å²) >= 11 is 1.51. The van der Waals surface area contributed by atoms with Crippen LogP contribution in [0.25, 0.3) is 0 Å². The van der Waals surface area contributed by atoms with Crippen molar-refractivity contribution in [2.75, 3.05) is 38.6 Å². The molecule has 7 heteroatoms. The number of carbonyl (C=O) groups excluding carboxylic acids is 1. The van der Waals surface area contributed by atoms with Crippen molar-refractivity contribution in [1.29, 1.82) is 0 Å². The molecule has 3 heterocycles. The van der Waals surface area contributed by atoms with Crippen LogP contribution in [0.2, 0.25) is 0 Å². The molecule has 1 saturated heterocycles. The van der Waals surface area contributed by atoms with E-state index in [-0.39, 0.29) is 11.9 Å². The van der Waals surface area contributed by atoms with Gasteiger partial charge in [-0.25, -0.2) is 0 Å². The average molecular weight is 358 g/mol. The molecule has 0 spiro atoms. The normalized spacial score (nSPS) is 16.3. The van der Waals surface area contributed by atoms with Gasteiger partial charge in [-0.15, -0.1) is 11.8 Å². The number of rotatable bonds is 7. The highest BCUT2D eigenvalue weighted by molar-refractivity contribution is 8.00. The van der Waals surface area contributed by atoms with E-state index in [0.717, 1.165) is 36.8 Å². The highest BCUT2D eigenvalue weighted by atomic mass is 32.2. The average Bonchev–Trinajstić information content (AvgIpc) is 2.69. The molecule has 0 aromatic carbocycles. The van der Waals surface area contributed by atoms with E-state index in [4.69, 9.17) is 4.74 Å². The predicted octanol–water partition coefficient (Wildman–Crippen LogP) is 1.76. The molecule has 0 bridgehead atoms. The molecule has 1 fully saturated rings. The van der Waals surface area contributed by atoms with Crippen LogP contribution in [0.15, 0.2) is 53.9 Å². The molecule has 3 rings (SSSR count). The van der Waals surface area contributed by atoms with Gasteiger partial charge in [0.05, 0.1) is 25.0 Å². The maximum atomic E-state index is 12.2. The number of nitrogens with one attached hydrogen (secondary N) is 1. The van der Waals surface area contributed by atoms with E-state index in [9.17, 15) is 4.79 Å². The number of pyridine rings is 2. The number of hydrogen-bond donors (Lipinski definition) is 1. The summed E-state index contributed by atoms with van der Waals surface area (Å²) in [5, 5.41) is 3.06. The number of carbonyl (C=O) groups is 1. The minimum Gasteiger partial charge on any atom is -0.379 e. The summed E-state index contributed by atoms with van der Waals surface area (Å²) < 4.78 is 5.45. The number of hydrogen-bond acceptors (Lipinski definition) is 6. The number of thioether (sulfide) groups is 1. The van der Waals surface area contributed by atoms with E-state index in [1.54, 1.807) is 18.6 Å². The van der Waals surface area contributed by atoms with E-state index >= 15 is 0 Å². The van der Waals surface area contributed by atoms with Gasteiger partial charge in [0.2, 0.25) is 5.91 Å². The van der Waals surface area contributed by atoms with Gasteiger partial charge in [-0.1, -0.05) is 6.07 Å². The van der Waals surface area contributed by atoms with Crippen molar-refractivity contribution in [1.82, 2.24) is 20.2 Å². The Bertz CT molecular complexity index is 651. The topological polar surface area (TPSA) is 67.4 Å². The quantitative estimate of drug-likeness (QED) is 0.761. The molecule has 132 valence electrons. The summed E-state index contributed by atoms with van der Waals surface area (Å²) in [5.41, 5.74) is 1.12. The van der Waals surface area contributed by atoms with Crippen LogP contribution in [0.5, 0.6) is 0 Å². The van der Waals surface area contributed by atoms with Crippen molar-refractivity contribution in [2.45, 2.75) is 10.9 Å². The third-order valence-corrected chi connectivity index (χ3v) is 5.08. The number of nitrogens with zero attached hydrogens (tertiary/aromatic N) is 3. The molecule has 1 amide bonds. The lowest BCUT2D eigenvalue weighted by Crippen LogP contribution is -2.44. The molecular formula is C18H22N4O2S. The van der Waals surface area contributed by atoms with E-state index < -0.39 is 0 Å². The van der Waals surface area contributed by atoms with Crippen LogP contribution in [-0.4, -0.2) is 59.4 Å². The molecule has 25 heavy (non-hydrogen) atoms. The van der Waals surface area contributed by atoms with Crippen LogP contribution >= 0.6 is 11.8 Å². The Kier molecular flexibility index (Phi) is 6.79. The molecule has 0 aliphatic carbocycles. The van der Waals surface area contributed by atoms with Gasteiger partial charge in [-0.2, -0.15) is 0 Å². The molecule has 1 aliphatic rings. The van der Waals surface area contributed by atoms with Crippen LogP contribution in [0.1, 0.15) is 11.6 Å². The smallest absolute Gasteiger partial charge is 0.230 e. The maximum absolute atomic E-state index is 12.2. The second-order valence-electron chi connectivity index (χ2n) is 5.73. The first-order valence-electron chi connectivity index (χ1n) is 8.34. The lowest BCUT2D eigenvalue weighted by molar-refractivity contribution is -0.118. The zero-order chi connectivity index (χ0) is 17.3. The van der Waals surface area contributed by atoms with Gasteiger partial charge < -0.3 is 10.1 Å². The Morgan fingerprint density at radius 2 is 2.00 bits per heavy atom. The Balaban J connectivity index is 1.55. The number of morpholine rings is 1. The fourth-order valence-electron chi connectivity index (χ4n) is 2.76. The first-order valence-corrected chi connectivity index (χ1v) is 9.33. The van der Waals surface area contributed by atoms with E-state index in [2.05, 4.69) is 26.3 Å². The number of amides is 1. The first kappa shape index (κ1) is 17.8. The van der Waals surface area contributed by atoms with Gasteiger partial charge >= 0.3 is 0 Å². The summed E-state index contributed by atoms with van der Waals surface area (Å²) in [6.45, 7) is 3.75. The van der Waals surface area contributed by atoms with Crippen molar-refractivity contribution in [2.24, 2.45) is 0 Å². The third-order valence-electron chi connectivity index (χ3n) is 4.07. The van der Waals surface area contributed by atoms with Crippen molar-refractivity contribution in [3.8, 4) is 0 Å². The van der Waals surface area contributed by atoms with Crippen LogP contribution in [0, 0.1) is 0 Å². The van der Waals surface area contributed by atoms with E-state index in [0.29, 0.717) is 12.3 Å². The maximum Gasteiger partial charge on any atom is 0.230 e. The lowest BCUT2D eigenvalue weighted by atomic mass is 10.1. The van der Waals surface area contributed by atoms with Crippen LogP contribution in [-0.2, 0) is 9.53 Å². The van der Waals surface area contributed by atoms with Crippen LogP contribution in [0.4, 0.5) is 0 Å². The SMILES string of the molecule is O=C(CSc1ccncc1)NCC(c1cccnc1)N1CCOCC1. The summed E-state index contributed by atoms with van der Waals surface area (Å²) in [4.78, 5) is 23.8. The molecule has 1 aliphatic heterocycles. The molecule has 6 nitrogen and oxygen atoms in total. The summed E-state index contributed by atoms with van der Waals surface area (Å²) in [5.74, 6) is 0.427. The van der Waals surface area contributed by atoms with Gasteiger partial charge in [0.1, 0.15) is 0 Å². The fourth-order valence-corrected chi connectivity index (χ4v) is 3.48. The summed E-state index contributed by atoms with van der Waals surface area (Å²) in [6, 6.07) is 7.93. The molecule has 0 radical (unpaired) electrons. The number of aromatic nitrogens is 2. The predicted molar refractivity (Wildman–Crippen MR) is 97.3 cm³/mol. The number of ether oxygens (including phenoxy) is 1. The monoisotopic (exact) mass is 358 g/mol. The van der Waals surface area contributed by atoms with Crippen molar-refractivity contribution >= 4 is 17.7 Å². The molecule has 2 aromatic rings. The summed E-state index contributed by atoms with van der Waals surface area (Å²) in [7, 11) is 0. The van der Waals surface area contributed by atoms with Crippen molar-refractivity contribution in [3.05, 3.63) is 54.6 Å². The fraction of sp³-hybridized carbons (Fsp3) is 0.389. The second-order valence-corrected chi connectivity index (χ2v) is 6.77. The highest BCUT2D eigenvalue weighted by Gasteiger charge is 2.23. The van der Waals surface area contributed by atoms with Crippen molar-refractivity contribution < 1.29 is 9.53 Å². The van der Waals surface area contributed by atoms with E-state index in [1.165, 1.54) is 11.8 Å². The Morgan fingerprint density at radius 3 is 2.72 bits per heavy atom. The molecule has 1 atom stereocenters. The zero-order valence-electron chi connectivity index (χ0n) is 14.0. The standard InChI is InChI=1S/C18H22N4O2S/c23-18(14-25-16-3-6-19-7-4-16)21-13-17(15-2-1-5-20-12-15)22-8-10-24-11-9-22/h1-7,12,17H,8-11,13-14H2,(H,21,23). The van der Waals surface area contributed by atoms with Gasteiger partial charge in [-0.3, -0.25) is 19.7 Å². The van der Waals surface area contributed by atoms with Crippen molar-refractivity contribution in [3.63, 3.8) is 0 Å². The Hall–Kier alpha value is -1.96. The van der Waals surface area contributed by atoms with Gasteiger partial charge in [0.25, 0.3) is 0 Å². The lowest BCUT2D eigenvalue weighted by Gasteiger charge is -2.34. The molecule has 0 saturated carbocycles. The minimum atomic E-state index is 0.0314. The van der Waals surface area contributed by atoms with Gasteiger partial charge in [0, 0.05) is 49.3 Å². The van der Waals surface area contributed by atoms with E-state index in [1.807, 2.05) is 24.4 Å². The molecular weight excluding hydrogens is 336 g/mol. The first-order chi connectivity index (χ1) is 12.3. The largest absolute Gasteiger partial charge is 0.379 e. The highest BCUT2D eigenvalue weighted by Crippen LogP contribution is 2.21. The van der Waals surface area contributed by atoms with Gasteiger partial charge in [0.15, 0.2) is 0 Å². The molecule has 1 unspecified atom stereocenters. The summed E-state index contributed by atoms with van der Waals surface area (Å²) in [6.07, 6.45) is 7.11. The molecule has 1 N–H and O–H groups in total. The van der Waals surface area contributed by atoms with Crippen LogP contribution < -0.4 is 5.32 Å². The third kappa shape index (κ3) is 5.52. The second kappa shape index (κ2) is 9.50. The Morgan fingerprint density at radius 1 is 1.20 bits per heavy atom. The van der Waals surface area contributed by atoms with Crippen LogP contribution in [0.3, 0.4) is 0 Å². The van der Waals surface area contributed by atoms with Gasteiger partial charge in [-0.05, 0) is 23.8 Å². The molecule has 2 aromatic heterocycles. The minimum absolute atomic E-state index is 0.0314. The Labute approximate surface area is 152 Å². The zero-order valence-corrected chi connectivity index (χ0v) is 14.8.